The number of amides is 4. The number of imide groups is 1. The van der Waals surface area contributed by atoms with Crippen LogP contribution in [0.2, 0.25) is 25.7 Å². The van der Waals surface area contributed by atoms with Gasteiger partial charge in [0.05, 0.1) is 13.2 Å². The number of rotatable bonds is 7. The lowest BCUT2D eigenvalue weighted by atomic mass is 10.2. The van der Waals surface area contributed by atoms with Crippen LogP contribution in [0.4, 0.5) is 4.79 Å². The van der Waals surface area contributed by atoms with Gasteiger partial charge in [-0.15, -0.1) is 0 Å². The SMILES string of the molecule is CCCN(C(=O)c1nc2ccccc2o1)C(=O)[C@H](C[Si](C)(C)C)NC(=O)N1CCOCC1. The molecule has 10 heteroatoms. The van der Waals surface area contributed by atoms with Gasteiger partial charge in [-0.05, 0) is 24.6 Å². The van der Waals surface area contributed by atoms with E-state index >= 15 is 0 Å². The minimum atomic E-state index is -1.76. The molecule has 0 saturated carbocycles. The lowest BCUT2D eigenvalue weighted by molar-refractivity contribution is -0.130. The highest BCUT2D eigenvalue weighted by Gasteiger charge is 2.36. The van der Waals surface area contributed by atoms with Gasteiger partial charge in [-0.2, -0.15) is 0 Å². The number of carbonyl (C=O) groups is 3. The van der Waals surface area contributed by atoms with Crippen molar-refractivity contribution >= 4 is 37.0 Å². The first-order valence-electron chi connectivity index (χ1n) is 11.0. The first kappa shape index (κ1) is 23.9. The molecule has 4 amide bonds. The van der Waals surface area contributed by atoms with Crippen molar-refractivity contribution in [2.24, 2.45) is 0 Å². The Hall–Kier alpha value is -2.72. The molecule has 174 valence electrons. The van der Waals surface area contributed by atoms with Crippen LogP contribution in [0.1, 0.15) is 24.0 Å². The van der Waals surface area contributed by atoms with E-state index in [0.29, 0.717) is 49.9 Å². The molecule has 0 aliphatic carbocycles. The summed E-state index contributed by atoms with van der Waals surface area (Å²) in [5.41, 5.74) is 1.04. The highest BCUT2D eigenvalue weighted by atomic mass is 28.3. The van der Waals surface area contributed by atoms with Gasteiger partial charge < -0.3 is 19.4 Å². The van der Waals surface area contributed by atoms with Crippen molar-refractivity contribution in [1.82, 2.24) is 20.1 Å². The second kappa shape index (κ2) is 10.3. The first-order valence-corrected chi connectivity index (χ1v) is 14.7. The quantitative estimate of drug-likeness (QED) is 0.637. The maximum absolute atomic E-state index is 13.6. The van der Waals surface area contributed by atoms with Crippen molar-refractivity contribution in [3.8, 4) is 0 Å². The standard InChI is InChI=1S/C22H32N4O5Si/c1-5-10-26(21(28)19-23-16-8-6-7-9-18(16)31-19)20(27)17(15-32(2,3)4)24-22(29)25-11-13-30-14-12-25/h6-9,17H,5,10-15H2,1-4H3,(H,24,29)/t17-/m0/s1. The van der Waals surface area contributed by atoms with Crippen molar-refractivity contribution in [2.45, 2.75) is 45.1 Å². The molecule has 3 rings (SSSR count). The number of oxazole rings is 1. The molecular weight excluding hydrogens is 428 g/mol. The van der Waals surface area contributed by atoms with Crippen LogP contribution in [0.15, 0.2) is 28.7 Å². The largest absolute Gasteiger partial charge is 0.432 e. The van der Waals surface area contributed by atoms with Crippen LogP contribution < -0.4 is 5.32 Å². The third-order valence-corrected chi connectivity index (χ3v) is 6.78. The minimum Gasteiger partial charge on any atom is -0.432 e. The van der Waals surface area contributed by atoms with Crippen LogP contribution >= 0.6 is 0 Å². The summed E-state index contributed by atoms with van der Waals surface area (Å²) in [6.07, 6.45) is 0.578. The maximum Gasteiger partial charge on any atom is 0.318 e. The Morgan fingerprint density at radius 2 is 1.88 bits per heavy atom. The van der Waals surface area contributed by atoms with E-state index in [1.54, 1.807) is 29.2 Å². The summed E-state index contributed by atoms with van der Waals surface area (Å²) in [5.74, 6) is -1.14. The lowest BCUT2D eigenvalue weighted by Gasteiger charge is -2.32. The van der Waals surface area contributed by atoms with Gasteiger partial charge in [0.15, 0.2) is 5.58 Å². The van der Waals surface area contributed by atoms with E-state index in [9.17, 15) is 14.4 Å². The monoisotopic (exact) mass is 460 g/mol. The number of aromatic nitrogens is 1. The molecule has 0 radical (unpaired) electrons. The predicted molar refractivity (Wildman–Crippen MR) is 123 cm³/mol. The fourth-order valence-corrected chi connectivity index (χ4v) is 5.12. The maximum atomic E-state index is 13.6. The molecular formula is C22H32N4O5Si. The van der Waals surface area contributed by atoms with Gasteiger partial charge in [0.2, 0.25) is 0 Å². The van der Waals surface area contributed by atoms with Gasteiger partial charge >= 0.3 is 11.9 Å². The molecule has 2 aromatic rings. The van der Waals surface area contributed by atoms with Gasteiger partial charge in [0.25, 0.3) is 11.8 Å². The smallest absolute Gasteiger partial charge is 0.318 e. The molecule has 1 atom stereocenters. The highest BCUT2D eigenvalue weighted by molar-refractivity contribution is 6.76. The topological polar surface area (TPSA) is 105 Å². The Labute approximate surface area is 189 Å². The van der Waals surface area contributed by atoms with Crippen LogP contribution in [-0.4, -0.2) is 79.6 Å². The summed E-state index contributed by atoms with van der Waals surface area (Å²) in [4.78, 5) is 46.7. The van der Waals surface area contributed by atoms with Crippen LogP contribution in [-0.2, 0) is 9.53 Å². The van der Waals surface area contributed by atoms with E-state index in [-0.39, 0.29) is 18.5 Å². The Morgan fingerprint density at radius 1 is 1.19 bits per heavy atom. The Morgan fingerprint density at radius 3 is 2.50 bits per heavy atom. The molecule has 0 bridgehead atoms. The van der Waals surface area contributed by atoms with Gasteiger partial charge in [-0.1, -0.05) is 38.7 Å². The van der Waals surface area contributed by atoms with Crippen molar-refractivity contribution in [3.05, 3.63) is 30.2 Å². The van der Waals surface area contributed by atoms with Gasteiger partial charge in [-0.25, -0.2) is 9.78 Å². The first-order chi connectivity index (χ1) is 15.2. The van der Waals surface area contributed by atoms with Crippen LogP contribution in [0, 0.1) is 0 Å². The molecule has 1 aromatic carbocycles. The fourth-order valence-electron chi connectivity index (χ4n) is 3.62. The molecule has 1 aliphatic heterocycles. The molecule has 32 heavy (non-hydrogen) atoms. The number of carbonyl (C=O) groups excluding carboxylic acids is 3. The predicted octanol–water partition coefficient (Wildman–Crippen LogP) is 2.96. The summed E-state index contributed by atoms with van der Waals surface area (Å²) in [6, 6.07) is 6.48. The summed E-state index contributed by atoms with van der Waals surface area (Å²) in [7, 11) is -1.76. The van der Waals surface area contributed by atoms with E-state index in [4.69, 9.17) is 9.15 Å². The molecule has 1 saturated heterocycles. The Bertz CT molecular complexity index is 932. The van der Waals surface area contributed by atoms with E-state index in [1.807, 2.05) is 6.92 Å². The van der Waals surface area contributed by atoms with Crippen molar-refractivity contribution in [2.75, 3.05) is 32.8 Å². The van der Waals surface area contributed by atoms with Crippen LogP contribution in [0.5, 0.6) is 0 Å². The second-order valence-electron chi connectivity index (χ2n) is 9.15. The van der Waals surface area contributed by atoms with Crippen molar-refractivity contribution in [3.63, 3.8) is 0 Å². The number of hydrogen-bond donors (Lipinski definition) is 1. The van der Waals surface area contributed by atoms with E-state index in [0.717, 1.165) is 4.90 Å². The minimum absolute atomic E-state index is 0.126. The highest BCUT2D eigenvalue weighted by Crippen LogP contribution is 2.19. The normalized spacial score (nSPS) is 15.4. The zero-order chi connectivity index (χ0) is 23.3. The average Bonchev–Trinajstić information content (AvgIpc) is 3.20. The zero-order valence-electron chi connectivity index (χ0n) is 19.2. The molecule has 1 N–H and O–H groups in total. The number of hydrogen-bond acceptors (Lipinski definition) is 6. The number of para-hydroxylation sites is 2. The number of fused-ring (bicyclic) bond motifs is 1. The molecule has 1 fully saturated rings. The second-order valence-corrected chi connectivity index (χ2v) is 14.7. The molecule has 0 spiro atoms. The molecule has 2 heterocycles. The number of urea groups is 1. The number of morpholine rings is 1. The third-order valence-electron chi connectivity index (χ3n) is 5.15. The fraction of sp³-hybridized carbons (Fsp3) is 0.545. The Balaban J connectivity index is 1.84. The number of nitrogens with zero attached hydrogens (tertiary/aromatic N) is 3. The Kier molecular flexibility index (Phi) is 7.67. The molecule has 0 unspecified atom stereocenters. The molecule has 1 aliphatic rings. The third kappa shape index (κ3) is 5.95. The summed E-state index contributed by atoms with van der Waals surface area (Å²) in [6.45, 7) is 10.4. The van der Waals surface area contributed by atoms with Gasteiger partial charge in [-0.3, -0.25) is 14.5 Å². The average molecular weight is 461 g/mol. The van der Waals surface area contributed by atoms with E-state index in [2.05, 4.69) is 29.9 Å². The number of ether oxygens (including phenoxy) is 1. The van der Waals surface area contributed by atoms with Crippen LogP contribution in [0.3, 0.4) is 0 Å². The zero-order valence-corrected chi connectivity index (χ0v) is 20.2. The van der Waals surface area contributed by atoms with Crippen LogP contribution in [0.25, 0.3) is 11.1 Å². The summed E-state index contributed by atoms with van der Waals surface area (Å²) in [5, 5.41) is 2.89. The van der Waals surface area contributed by atoms with Gasteiger partial charge in [0, 0.05) is 27.7 Å². The molecule has 9 nitrogen and oxygen atoms in total. The van der Waals surface area contributed by atoms with Crippen molar-refractivity contribution in [1.29, 1.82) is 0 Å². The van der Waals surface area contributed by atoms with Crippen molar-refractivity contribution < 1.29 is 23.5 Å². The lowest BCUT2D eigenvalue weighted by Crippen LogP contribution is -2.56. The summed E-state index contributed by atoms with van der Waals surface area (Å²) >= 11 is 0. The molecule has 1 aromatic heterocycles. The van der Waals surface area contributed by atoms with Gasteiger partial charge in [0.1, 0.15) is 11.6 Å². The summed E-state index contributed by atoms with van der Waals surface area (Å²) < 4.78 is 10.9. The van der Waals surface area contributed by atoms with E-state index in [1.165, 1.54) is 0 Å². The number of nitrogens with one attached hydrogen (secondary N) is 1. The number of benzene rings is 1. The van der Waals surface area contributed by atoms with E-state index < -0.39 is 25.9 Å².